The van der Waals surface area contributed by atoms with E-state index in [-0.39, 0.29) is 5.91 Å². The van der Waals surface area contributed by atoms with Crippen LogP contribution in [0.1, 0.15) is 13.8 Å². The van der Waals surface area contributed by atoms with Gasteiger partial charge in [-0.25, -0.2) is 0 Å². The lowest BCUT2D eigenvalue weighted by Crippen LogP contribution is -2.32. The van der Waals surface area contributed by atoms with Gasteiger partial charge >= 0.3 is 0 Å². The van der Waals surface area contributed by atoms with Gasteiger partial charge in [0, 0.05) is 5.71 Å². The summed E-state index contributed by atoms with van der Waals surface area (Å²) in [5.74, 6) is -0.352. The molecule has 1 rings (SSSR count). The van der Waals surface area contributed by atoms with Crippen LogP contribution in [0.4, 0.5) is 0 Å². The Morgan fingerprint density at radius 3 is 2.25 bits per heavy atom. The van der Waals surface area contributed by atoms with Gasteiger partial charge in [-0.15, -0.1) is 0 Å². The summed E-state index contributed by atoms with van der Waals surface area (Å²) in [6.45, 7) is 3.51. The predicted octanol–water partition coefficient (Wildman–Crippen LogP) is -0.295. The summed E-state index contributed by atoms with van der Waals surface area (Å²) in [6.07, 6.45) is 0. The lowest BCUT2D eigenvalue weighted by Gasteiger charge is -1.97. The molecule has 0 bridgehead atoms. The van der Waals surface area contributed by atoms with Crippen molar-refractivity contribution in [2.45, 2.75) is 19.4 Å². The van der Waals surface area contributed by atoms with Crippen LogP contribution in [-0.4, -0.2) is 17.2 Å². The quantitative estimate of drug-likeness (QED) is 0.497. The summed E-state index contributed by atoms with van der Waals surface area (Å²) in [7, 11) is 0. The van der Waals surface area contributed by atoms with Crippen molar-refractivity contribution in [1.82, 2.24) is 0 Å². The molecule has 0 fully saturated rings. The number of carbonyl (C=O) groups is 1. The number of amides is 1. The molecule has 3 nitrogen and oxygen atoms in total. The minimum Gasteiger partial charge on any atom is -0.367 e. The monoisotopic (exact) mass is 112 g/mol. The zero-order chi connectivity index (χ0) is 6.36. The molecular formula is C5H8N2O. The van der Waals surface area contributed by atoms with E-state index in [1.54, 1.807) is 13.8 Å². The third kappa shape index (κ3) is 0.441. The molecule has 8 heavy (non-hydrogen) atoms. The van der Waals surface area contributed by atoms with Crippen LogP contribution in [-0.2, 0) is 4.79 Å². The number of rotatable bonds is 1. The smallest absolute Gasteiger partial charge is 0.250 e. The molecule has 0 aromatic rings. The highest BCUT2D eigenvalue weighted by atomic mass is 16.1. The fourth-order valence-corrected chi connectivity index (χ4v) is 0.541. The SMILES string of the molecule is CC1=NC1(C)C(N)=O. The Morgan fingerprint density at radius 1 is 1.88 bits per heavy atom. The highest BCUT2D eigenvalue weighted by molar-refractivity contribution is 6.21. The van der Waals surface area contributed by atoms with Crippen LogP contribution in [0, 0.1) is 0 Å². The van der Waals surface area contributed by atoms with E-state index < -0.39 is 5.54 Å². The van der Waals surface area contributed by atoms with Crippen molar-refractivity contribution >= 4 is 11.6 Å². The van der Waals surface area contributed by atoms with Crippen LogP contribution >= 0.6 is 0 Å². The van der Waals surface area contributed by atoms with Crippen molar-refractivity contribution in [2.24, 2.45) is 10.7 Å². The molecule has 3 heteroatoms. The summed E-state index contributed by atoms with van der Waals surface area (Å²) < 4.78 is 0. The summed E-state index contributed by atoms with van der Waals surface area (Å²) in [5.41, 5.74) is 5.20. The van der Waals surface area contributed by atoms with E-state index >= 15 is 0 Å². The highest BCUT2D eigenvalue weighted by Gasteiger charge is 2.44. The van der Waals surface area contributed by atoms with Crippen LogP contribution in [0.2, 0.25) is 0 Å². The third-order valence-electron chi connectivity index (χ3n) is 1.53. The van der Waals surface area contributed by atoms with E-state index in [1.165, 1.54) is 0 Å². The fourth-order valence-electron chi connectivity index (χ4n) is 0.541. The van der Waals surface area contributed by atoms with Gasteiger partial charge in [0.25, 0.3) is 5.91 Å². The van der Waals surface area contributed by atoms with Gasteiger partial charge in [0.1, 0.15) is 0 Å². The highest BCUT2D eigenvalue weighted by Crippen LogP contribution is 2.25. The topological polar surface area (TPSA) is 55.4 Å². The summed E-state index contributed by atoms with van der Waals surface area (Å²) >= 11 is 0. The van der Waals surface area contributed by atoms with Crippen molar-refractivity contribution in [3.8, 4) is 0 Å². The lowest BCUT2D eigenvalue weighted by molar-refractivity contribution is -0.119. The minimum atomic E-state index is -0.611. The number of hydrogen-bond acceptors (Lipinski definition) is 2. The molecule has 2 N–H and O–H groups in total. The first-order chi connectivity index (χ1) is 3.57. The minimum absolute atomic E-state index is 0.352. The van der Waals surface area contributed by atoms with E-state index in [2.05, 4.69) is 4.99 Å². The Labute approximate surface area is 47.6 Å². The maximum absolute atomic E-state index is 10.4. The fraction of sp³-hybridized carbons (Fsp3) is 0.600. The number of carbonyl (C=O) groups excluding carboxylic acids is 1. The molecule has 0 aromatic carbocycles. The Kier molecular flexibility index (Phi) is 0.726. The Bertz CT molecular complexity index is 173. The van der Waals surface area contributed by atoms with Gasteiger partial charge in [-0.3, -0.25) is 9.79 Å². The van der Waals surface area contributed by atoms with Gasteiger partial charge in [-0.1, -0.05) is 0 Å². The van der Waals surface area contributed by atoms with Crippen molar-refractivity contribution in [3.63, 3.8) is 0 Å². The Morgan fingerprint density at radius 2 is 2.25 bits per heavy atom. The summed E-state index contributed by atoms with van der Waals surface area (Å²) in [6, 6.07) is 0. The molecule has 1 amide bonds. The molecule has 1 heterocycles. The molecule has 0 radical (unpaired) electrons. The Hall–Kier alpha value is -0.860. The van der Waals surface area contributed by atoms with E-state index in [9.17, 15) is 4.79 Å². The molecule has 1 aliphatic rings. The van der Waals surface area contributed by atoms with Gasteiger partial charge in [-0.05, 0) is 13.8 Å². The normalized spacial score (nSPS) is 34.0. The van der Waals surface area contributed by atoms with Crippen molar-refractivity contribution in [1.29, 1.82) is 0 Å². The molecule has 1 aliphatic heterocycles. The summed E-state index contributed by atoms with van der Waals surface area (Å²) in [4.78, 5) is 14.2. The zero-order valence-corrected chi connectivity index (χ0v) is 4.93. The van der Waals surface area contributed by atoms with Gasteiger partial charge < -0.3 is 5.73 Å². The zero-order valence-electron chi connectivity index (χ0n) is 4.93. The first-order valence-corrected chi connectivity index (χ1v) is 2.44. The predicted molar refractivity (Wildman–Crippen MR) is 30.7 cm³/mol. The van der Waals surface area contributed by atoms with Gasteiger partial charge in [0.2, 0.25) is 0 Å². The first kappa shape index (κ1) is 5.28. The largest absolute Gasteiger partial charge is 0.367 e. The van der Waals surface area contributed by atoms with Crippen molar-refractivity contribution in [2.75, 3.05) is 0 Å². The van der Waals surface area contributed by atoms with Crippen molar-refractivity contribution in [3.05, 3.63) is 0 Å². The second-order valence-electron chi connectivity index (χ2n) is 2.13. The molecular weight excluding hydrogens is 104 g/mol. The third-order valence-corrected chi connectivity index (χ3v) is 1.53. The van der Waals surface area contributed by atoms with Gasteiger partial charge in [0.15, 0.2) is 5.54 Å². The molecule has 1 unspecified atom stereocenters. The van der Waals surface area contributed by atoms with E-state index in [1.807, 2.05) is 0 Å². The van der Waals surface area contributed by atoms with Crippen LogP contribution in [0.15, 0.2) is 4.99 Å². The molecule has 0 spiro atoms. The average Bonchev–Trinajstić information content (AvgIpc) is 2.17. The van der Waals surface area contributed by atoms with Gasteiger partial charge in [0.05, 0.1) is 0 Å². The van der Waals surface area contributed by atoms with Crippen LogP contribution < -0.4 is 5.73 Å². The first-order valence-electron chi connectivity index (χ1n) is 2.44. The standard InChI is InChI=1S/C5H8N2O/c1-3-5(2,7-3)4(6)8/h1-2H3,(H2,6,8). The lowest BCUT2D eigenvalue weighted by atomic mass is 10.1. The maximum atomic E-state index is 10.4. The number of aliphatic imine (C=N–C) groups is 1. The Balaban J connectivity index is 2.64. The number of primary amides is 1. The van der Waals surface area contributed by atoms with Crippen LogP contribution in [0.3, 0.4) is 0 Å². The molecule has 0 aromatic heterocycles. The van der Waals surface area contributed by atoms with Gasteiger partial charge in [-0.2, -0.15) is 0 Å². The average molecular weight is 112 g/mol. The number of nitrogens with zero attached hydrogens (tertiary/aromatic N) is 1. The molecule has 0 aliphatic carbocycles. The van der Waals surface area contributed by atoms with Crippen LogP contribution in [0.25, 0.3) is 0 Å². The molecule has 0 saturated heterocycles. The number of nitrogens with two attached hydrogens (primary N) is 1. The second-order valence-corrected chi connectivity index (χ2v) is 2.13. The molecule has 0 saturated carbocycles. The molecule has 44 valence electrons. The van der Waals surface area contributed by atoms with Crippen LogP contribution in [0.5, 0.6) is 0 Å². The second kappa shape index (κ2) is 1.10. The van der Waals surface area contributed by atoms with E-state index in [0.717, 1.165) is 5.71 Å². The maximum Gasteiger partial charge on any atom is 0.250 e. The summed E-state index contributed by atoms with van der Waals surface area (Å²) in [5, 5.41) is 0. The van der Waals surface area contributed by atoms with E-state index in [0.29, 0.717) is 0 Å². The van der Waals surface area contributed by atoms with Crippen molar-refractivity contribution < 1.29 is 4.79 Å². The number of hydrogen-bond donors (Lipinski definition) is 1. The molecule has 1 atom stereocenters. The van der Waals surface area contributed by atoms with E-state index in [4.69, 9.17) is 5.73 Å².